The van der Waals surface area contributed by atoms with E-state index >= 15 is 0 Å². The molecule has 0 atom stereocenters. The van der Waals surface area contributed by atoms with Crippen molar-refractivity contribution in [3.8, 4) is 11.5 Å². The number of methoxy groups -OCH3 is 2. The molecule has 100 valence electrons. The fraction of sp³-hybridized carbons (Fsp3) is 0.267. The molecule has 0 unspecified atom stereocenters. The molecular weight excluding hydrogens is 240 g/mol. The molecule has 0 saturated heterocycles. The Morgan fingerprint density at radius 1 is 1.00 bits per heavy atom. The molecule has 19 heavy (non-hydrogen) atoms. The summed E-state index contributed by atoms with van der Waals surface area (Å²) in [4.78, 5) is 4.17. The molecule has 1 heterocycles. The van der Waals surface area contributed by atoms with Crippen LogP contribution in [-0.4, -0.2) is 19.2 Å². The van der Waals surface area contributed by atoms with E-state index < -0.39 is 0 Å². The van der Waals surface area contributed by atoms with Crippen molar-refractivity contribution in [1.82, 2.24) is 4.98 Å². The van der Waals surface area contributed by atoms with Crippen LogP contribution in [0.5, 0.6) is 11.5 Å². The summed E-state index contributed by atoms with van der Waals surface area (Å²) in [6, 6.07) is 7.83. The van der Waals surface area contributed by atoms with Gasteiger partial charge in [-0.15, -0.1) is 0 Å². The SMILES string of the molecule is COc1cc(NCc2cncc(C)c2)cc(OC)c1. The fourth-order valence-electron chi connectivity index (χ4n) is 1.83. The van der Waals surface area contributed by atoms with E-state index in [1.165, 1.54) is 0 Å². The van der Waals surface area contributed by atoms with Gasteiger partial charge in [-0.25, -0.2) is 0 Å². The Bertz CT molecular complexity index is 533. The molecule has 0 radical (unpaired) electrons. The minimum atomic E-state index is 0.713. The van der Waals surface area contributed by atoms with Gasteiger partial charge in [0, 0.05) is 42.8 Å². The van der Waals surface area contributed by atoms with E-state index in [1.807, 2.05) is 37.5 Å². The predicted molar refractivity (Wildman–Crippen MR) is 75.8 cm³/mol. The summed E-state index contributed by atoms with van der Waals surface area (Å²) < 4.78 is 10.5. The average Bonchev–Trinajstić information content (AvgIpc) is 2.44. The van der Waals surface area contributed by atoms with Crippen LogP contribution < -0.4 is 14.8 Å². The van der Waals surface area contributed by atoms with Crippen LogP contribution in [0, 0.1) is 6.92 Å². The van der Waals surface area contributed by atoms with Gasteiger partial charge < -0.3 is 14.8 Å². The van der Waals surface area contributed by atoms with Gasteiger partial charge in [0.15, 0.2) is 0 Å². The minimum absolute atomic E-state index is 0.713. The molecule has 0 aliphatic rings. The highest BCUT2D eigenvalue weighted by Crippen LogP contribution is 2.26. The topological polar surface area (TPSA) is 43.4 Å². The molecule has 0 aliphatic carbocycles. The number of benzene rings is 1. The van der Waals surface area contributed by atoms with Gasteiger partial charge in [-0.3, -0.25) is 4.98 Å². The highest BCUT2D eigenvalue weighted by atomic mass is 16.5. The Balaban J connectivity index is 2.10. The Hall–Kier alpha value is -2.23. The van der Waals surface area contributed by atoms with Crippen molar-refractivity contribution in [3.05, 3.63) is 47.8 Å². The van der Waals surface area contributed by atoms with E-state index in [4.69, 9.17) is 9.47 Å². The molecule has 2 rings (SSSR count). The number of pyridine rings is 1. The first-order chi connectivity index (χ1) is 9.21. The minimum Gasteiger partial charge on any atom is -0.497 e. The standard InChI is InChI=1S/C15H18N2O2/c1-11-4-12(9-16-8-11)10-17-13-5-14(18-2)7-15(6-13)19-3/h4-9,17H,10H2,1-3H3. The van der Waals surface area contributed by atoms with Crippen LogP contribution in [0.25, 0.3) is 0 Å². The van der Waals surface area contributed by atoms with Gasteiger partial charge >= 0.3 is 0 Å². The number of hydrogen-bond donors (Lipinski definition) is 1. The van der Waals surface area contributed by atoms with Crippen LogP contribution in [0.4, 0.5) is 5.69 Å². The van der Waals surface area contributed by atoms with Crippen LogP contribution in [0.1, 0.15) is 11.1 Å². The monoisotopic (exact) mass is 258 g/mol. The fourth-order valence-corrected chi connectivity index (χ4v) is 1.83. The van der Waals surface area contributed by atoms with Crippen molar-refractivity contribution < 1.29 is 9.47 Å². The number of aryl methyl sites for hydroxylation is 1. The van der Waals surface area contributed by atoms with Crippen LogP contribution in [0.15, 0.2) is 36.7 Å². The van der Waals surface area contributed by atoms with E-state index in [-0.39, 0.29) is 0 Å². The van der Waals surface area contributed by atoms with E-state index in [2.05, 4.69) is 16.4 Å². The van der Waals surface area contributed by atoms with E-state index in [0.29, 0.717) is 6.54 Å². The molecule has 0 bridgehead atoms. The molecule has 0 saturated carbocycles. The first-order valence-electron chi connectivity index (χ1n) is 6.09. The van der Waals surface area contributed by atoms with Gasteiger partial charge in [-0.1, -0.05) is 6.07 Å². The molecule has 1 N–H and O–H groups in total. The lowest BCUT2D eigenvalue weighted by Crippen LogP contribution is -2.01. The van der Waals surface area contributed by atoms with E-state index in [0.717, 1.165) is 28.3 Å². The molecule has 1 aromatic carbocycles. The molecule has 1 aromatic heterocycles. The van der Waals surface area contributed by atoms with Crippen molar-refractivity contribution in [2.24, 2.45) is 0 Å². The number of anilines is 1. The summed E-state index contributed by atoms with van der Waals surface area (Å²) >= 11 is 0. The lowest BCUT2D eigenvalue weighted by Gasteiger charge is -2.10. The highest BCUT2D eigenvalue weighted by Gasteiger charge is 2.02. The molecular formula is C15H18N2O2. The zero-order valence-corrected chi connectivity index (χ0v) is 11.4. The van der Waals surface area contributed by atoms with Crippen molar-refractivity contribution in [2.75, 3.05) is 19.5 Å². The molecule has 4 nitrogen and oxygen atoms in total. The van der Waals surface area contributed by atoms with Crippen molar-refractivity contribution in [1.29, 1.82) is 0 Å². The zero-order chi connectivity index (χ0) is 13.7. The second kappa shape index (κ2) is 6.09. The summed E-state index contributed by atoms with van der Waals surface area (Å²) in [6.45, 7) is 2.75. The molecule has 2 aromatic rings. The summed E-state index contributed by atoms with van der Waals surface area (Å²) in [6.07, 6.45) is 3.70. The quantitative estimate of drug-likeness (QED) is 0.895. The summed E-state index contributed by atoms with van der Waals surface area (Å²) in [5.41, 5.74) is 3.25. The van der Waals surface area contributed by atoms with Crippen molar-refractivity contribution >= 4 is 5.69 Å². The van der Waals surface area contributed by atoms with Gasteiger partial charge in [0.05, 0.1) is 14.2 Å². The van der Waals surface area contributed by atoms with Gasteiger partial charge in [-0.05, 0) is 18.1 Å². The number of rotatable bonds is 5. The predicted octanol–water partition coefficient (Wildman–Crippen LogP) is 3.02. The molecule has 0 spiro atoms. The largest absolute Gasteiger partial charge is 0.497 e. The summed E-state index contributed by atoms with van der Waals surface area (Å²) in [5, 5.41) is 3.34. The van der Waals surface area contributed by atoms with Crippen molar-refractivity contribution in [2.45, 2.75) is 13.5 Å². The molecule has 0 fully saturated rings. The Morgan fingerprint density at radius 3 is 2.26 bits per heavy atom. The lowest BCUT2D eigenvalue weighted by molar-refractivity contribution is 0.394. The van der Waals surface area contributed by atoms with Crippen LogP contribution in [-0.2, 0) is 6.54 Å². The number of aromatic nitrogens is 1. The number of nitrogens with one attached hydrogen (secondary N) is 1. The van der Waals surface area contributed by atoms with Gasteiger partial charge in [0.1, 0.15) is 11.5 Å². The first-order valence-corrected chi connectivity index (χ1v) is 6.09. The van der Waals surface area contributed by atoms with Crippen LogP contribution in [0.3, 0.4) is 0 Å². The molecule has 0 amide bonds. The average molecular weight is 258 g/mol. The number of hydrogen-bond acceptors (Lipinski definition) is 4. The third kappa shape index (κ3) is 3.61. The summed E-state index contributed by atoms with van der Waals surface area (Å²) in [7, 11) is 3.28. The number of ether oxygens (including phenoxy) is 2. The van der Waals surface area contributed by atoms with Gasteiger partial charge in [0.2, 0.25) is 0 Å². The smallest absolute Gasteiger partial charge is 0.124 e. The van der Waals surface area contributed by atoms with Crippen LogP contribution >= 0.6 is 0 Å². The highest BCUT2D eigenvalue weighted by molar-refractivity contribution is 5.54. The maximum Gasteiger partial charge on any atom is 0.124 e. The maximum atomic E-state index is 5.24. The molecule has 0 aliphatic heterocycles. The summed E-state index contributed by atoms with van der Waals surface area (Å²) in [5.74, 6) is 1.54. The molecule has 4 heteroatoms. The van der Waals surface area contributed by atoms with Crippen molar-refractivity contribution in [3.63, 3.8) is 0 Å². The van der Waals surface area contributed by atoms with Crippen LogP contribution in [0.2, 0.25) is 0 Å². The lowest BCUT2D eigenvalue weighted by atomic mass is 10.2. The third-order valence-corrected chi connectivity index (χ3v) is 2.78. The third-order valence-electron chi connectivity index (χ3n) is 2.78. The Morgan fingerprint density at radius 2 is 1.68 bits per heavy atom. The first kappa shape index (κ1) is 13.2. The van der Waals surface area contributed by atoms with E-state index in [9.17, 15) is 0 Å². The van der Waals surface area contributed by atoms with E-state index in [1.54, 1.807) is 14.2 Å². The van der Waals surface area contributed by atoms with Gasteiger partial charge in [0.25, 0.3) is 0 Å². The Labute approximate surface area is 113 Å². The Kier molecular flexibility index (Phi) is 4.23. The maximum absolute atomic E-state index is 5.24. The second-order valence-electron chi connectivity index (χ2n) is 4.33. The zero-order valence-electron chi connectivity index (χ0n) is 11.4. The normalized spacial score (nSPS) is 10.1. The number of nitrogens with zero attached hydrogens (tertiary/aromatic N) is 1. The van der Waals surface area contributed by atoms with Gasteiger partial charge in [-0.2, -0.15) is 0 Å². The second-order valence-corrected chi connectivity index (χ2v) is 4.33.